The normalized spacial score (nSPS) is 19.6. The summed E-state index contributed by atoms with van der Waals surface area (Å²) in [7, 11) is 0. The summed E-state index contributed by atoms with van der Waals surface area (Å²) in [4.78, 5) is 27.8. The molecule has 8 heteroatoms. The van der Waals surface area contributed by atoms with Crippen LogP contribution >= 0.6 is 11.3 Å². The van der Waals surface area contributed by atoms with E-state index in [2.05, 4.69) is 26.2 Å². The van der Waals surface area contributed by atoms with E-state index in [9.17, 15) is 4.79 Å². The quantitative estimate of drug-likeness (QED) is 0.541. The van der Waals surface area contributed by atoms with Crippen LogP contribution in [0.3, 0.4) is 0 Å². The van der Waals surface area contributed by atoms with Crippen molar-refractivity contribution < 1.29 is 9.32 Å². The maximum absolute atomic E-state index is 13.0. The van der Waals surface area contributed by atoms with Crippen LogP contribution in [0.2, 0.25) is 0 Å². The number of H-pyrrole nitrogens is 1. The lowest BCUT2D eigenvalue weighted by molar-refractivity contribution is -0.120. The van der Waals surface area contributed by atoms with Crippen molar-refractivity contribution in [1.29, 1.82) is 0 Å². The van der Waals surface area contributed by atoms with Crippen LogP contribution in [0.5, 0.6) is 0 Å². The molecule has 1 saturated heterocycles. The lowest BCUT2D eigenvalue weighted by atomic mass is 9.87. The molecule has 1 N–H and O–H groups in total. The molecule has 0 spiro atoms. The number of nitrogens with one attached hydrogen (secondary N) is 1. The smallest absolute Gasteiger partial charge is 0.238 e. The third-order valence-corrected chi connectivity index (χ3v) is 6.16. The fraction of sp³-hybridized carbons (Fsp3) is 0.238. The zero-order chi connectivity index (χ0) is 19.8. The first kappa shape index (κ1) is 17.8. The van der Waals surface area contributed by atoms with Crippen molar-refractivity contribution in [2.24, 2.45) is 0 Å². The first-order valence-electron chi connectivity index (χ1n) is 9.46. The standard InChI is InChI=1S/C21H19N5O2S/c1-13-4-6-14(7-5-13)26-17(27)9-8-15(18(26)16-3-2-12-29-16)21-24-20(25-28-21)19-22-10-11-23-19/h2-7,10-12,15,18H,8-9H2,1H3,(H,22,23)/t15-,18+/m1/s1. The minimum Gasteiger partial charge on any atom is -0.342 e. The van der Waals surface area contributed by atoms with Gasteiger partial charge in [0, 0.05) is 29.4 Å². The molecule has 0 bridgehead atoms. The zero-order valence-electron chi connectivity index (χ0n) is 15.8. The van der Waals surface area contributed by atoms with Crippen molar-refractivity contribution >= 4 is 22.9 Å². The highest BCUT2D eigenvalue weighted by atomic mass is 32.1. The monoisotopic (exact) mass is 405 g/mol. The summed E-state index contributed by atoms with van der Waals surface area (Å²) >= 11 is 1.63. The van der Waals surface area contributed by atoms with E-state index in [1.807, 2.05) is 47.5 Å². The van der Waals surface area contributed by atoms with Crippen LogP contribution in [0.25, 0.3) is 11.6 Å². The number of hydrogen-bond donors (Lipinski definition) is 1. The molecule has 1 amide bonds. The Kier molecular flexibility index (Phi) is 4.48. The summed E-state index contributed by atoms with van der Waals surface area (Å²) in [6, 6.07) is 11.9. The van der Waals surface area contributed by atoms with Gasteiger partial charge in [-0.2, -0.15) is 4.98 Å². The van der Waals surface area contributed by atoms with E-state index in [1.54, 1.807) is 23.7 Å². The molecule has 3 aromatic heterocycles. The minimum atomic E-state index is -0.191. The Hall–Kier alpha value is -3.26. The minimum absolute atomic E-state index is 0.0936. The predicted molar refractivity (Wildman–Crippen MR) is 110 cm³/mol. The van der Waals surface area contributed by atoms with Crippen LogP contribution in [-0.2, 0) is 4.79 Å². The molecular formula is C21H19N5O2S. The molecule has 2 atom stereocenters. The van der Waals surface area contributed by atoms with Gasteiger partial charge in [-0.15, -0.1) is 11.3 Å². The van der Waals surface area contributed by atoms with Crippen LogP contribution in [0, 0.1) is 6.92 Å². The highest BCUT2D eigenvalue weighted by Crippen LogP contribution is 2.46. The first-order chi connectivity index (χ1) is 14.2. The molecule has 146 valence electrons. The molecule has 4 heterocycles. The third kappa shape index (κ3) is 3.25. The second kappa shape index (κ2) is 7.29. The van der Waals surface area contributed by atoms with Crippen LogP contribution in [-0.4, -0.2) is 26.0 Å². The van der Waals surface area contributed by atoms with Crippen molar-refractivity contribution in [3.63, 3.8) is 0 Å². The molecule has 1 aliphatic rings. The van der Waals surface area contributed by atoms with Crippen molar-refractivity contribution in [3.05, 3.63) is 70.5 Å². The van der Waals surface area contributed by atoms with Gasteiger partial charge in [0.05, 0.1) is 12.0 Å². The van der Waals surface area contributed by atoms with Crippen molar-refractivity contribution in [2.75, 3.05) is 4.90 Å². The second-order valence-electron chi connectivity index (χ2n) is 7.10. The van der Waals surface area contributed by atoms with E-state index < -0.39 is 0 Å². The fourth-order valence-corrected chi connectivity index (χ4v) is 4.70. The predicted octanol–water partition coefficient (Wildman–Crippen LogP) is 4.48. The number of aromatic amines is 1. The van der Waals surface area contributed by atoms with Gasteiger partial charge in [-0.3, -0.25) is 4.79 Å². The summed E-state index contributed by atoms with van der Waals surface area (Å²) in [5.41, 5.74) is 2.04. The SMILES string of the molecule is Cc1ccc(N2C(=O)CC[C@@H](c3nc(-c4ncc[nH]4)no3)[C@H]2c2cccs2)cc1. The Balaban J connectivity index is 1.57. The number of piperidine rings is 1. The van der Waals surface area contributed by atoms with Crippen molar-refractivity contribution in [2.45, 2.75) is 31.7 Å². The number of imidazole rings is 1. The number of anilines is 1. The third-order valence-electron chi connectivity index (χ3n) is 5.21. The second-order valence-corrected chi connectivity index (χ2v) is 8.08. The molecule has 7 nitrogen and oxygen atoms in total. The molecule has 4 aromatic rings. The lowest BCUT2D eigenvalue weighted by Crippen LogP contribution is -2.42. The maximum atomic E-state index is 13.0. The molecule has 0 unspecified atom stereocenters. The number of aryl methyl sites for hydroxylation is 1. The lowest BCUT2D eigenvalue weighted by Gasteiger charge is -2.39. The average molecular weight is 405 g/mol. The number of aromatic nitrogens is 4. The highest BCUT2D eigenvalue weighted by Gasteiger charge is 2.42. The van der Waals surface area contributed by atoms with Crippen molar-refractivity contribution in [1.82, 2.24) is 20.1 Å². The van der Waals surface area contributed by atoms with Gasteiger partial charge >= 0.3 is 0 Å². The first-order valence-corrected chi connectivity index (χ1v) is 10.3. The molecule has 0 saturated carbocycles. The molecule has 29 heavy (non-hydrogen) atoms. The van der Waals surface area contributed by atoms with Crippen LogP contribution in [0.4, 0.5) is 5.69 Å². The number of hydrogen-bond acceptors (Lipinski definition) is 6. The Bertz CT molecular complexity index is 1100. The van der Waals surface area contributed by atoms with Gasteiger partial charge in [0.2, 0.25) is 17.6 Å². The molecule has 1 aromatic carbocycles. The molecule has 1 aliphatic heterocycles. The van der Waals surface area contributed by atoms with E-state index in [4.69, 9.17) is 4.52 Å². The van der Waals surface area contributed by atoms with Gasteiger partial charge in [-0.25, -0.2) is 4.98 Å². The Labute approximate surface area is 171 Å². The summed E-state index contributed by atoms with van der Waals surface area (Å²) in [5, 5.41) is 6.13. The number of carbonyl (C=O) groups excluding carboxylic acids is 1. The molecule has 0 aliphatic carbocycles. The van der Waals surface area contributed by atoms with Gasteiger partial charge < -0.3 is 14.4 Å². The number of benzene rings is 1. The van der Waals surface area contributed by atoms with Crippen molar-refractivity contribution in [3.8, 4) is 11.6 Å². The number of carbonyl (C=O) groups is 1. The molecule has 5 rings (SSSR count). The Morgan fingerprint density at radius 3 is 2.83 bits per heavy atom. The topological polar surface area (TPSA) is 87.9 Å². The van der Waals surface area contributed by atoms with E-state index >= 15 is 0 Å². The molecule has 1 fully saturated rings. The van der Waals surface area contributed by atoms with Gasteiger partial charge in [0.1, 0.15) is 0 Å². The van der Waals surface area contributed by atoms with Gasteiger partial charge in [0.15, 0.2) is 5.82 Å². The summed E-state index contributed by atoms with van der Waals surface area (Å²) in [5.74, 6) is 1.53. The van der Waals surface area contributed by atoms with E-state index in [0.717, 1.165) is 16.1 Å². The highest BCUT2D eigenvalue weighted by molar-refractivity contribution is 7.10. The van der Waals surface area contributed by atoms with E-state index in [1.165, 1.54) is 0 Å². The number of nitrogens with zero attached hydrogens (tertiary/aromatic N) is 4. The number of rotatable bonds is 4. The fourth-order valence-electron chi connectivity index (χ4n) is 3.82. The summed E-state index contributed by atoms with van der Waals surface area (Å²) < 4.78 is 5.64. The largest absolute Gasteiger partial charge is 0.342 e. The van der Waals surface area contributed by atoms with E-state index in [-0.39, 0.29) is 17.9 Å². The molecule has 0 radical (unpaired) electrons. The van der Waals surface area contributed by atoms with Crippen LogP contribution in [0.15, 0.2) is 58.7 Å². The number of amides is 1. The van der Waals surface area contributed by atoms with Gasteiger partial charge in [0.25, 0.3) is 0 Å². The van der Waals surface area contributed by atoms with Gasteiger partial charge in [-0.1, -0.05) is 28.9 Å². The maximum Gasteiger partial charge on any atom is 0.238 e. The molecular weight excluding hydrogens is 386 g/mol. The average Bonchev–Trinajstić information content (AvgIpc) is 3.50. The Morgan fingerprint density at radius 2 is 2.10 bits per heavy atom. The zero-order valence-corrected chi connectivity index (χ0v) is 16.6. The summed E-state index contributed by atoms with van der Waals surface area (Å²) in [6.45, 7) is 2.04. The Morgan fingerprint density at radius 1 is 1.24 bits per heavy atom. The van der Waals surface area contributed by atoms with Crippen LogP contribution < -0.4 is 4.90 Å². The van der Waals surface area contributed by atoms with E-state index in [0.29, 0.717) is 30.4 Å². The van der Waals surface area contributed by atoms with Gasteiger partial charge in [-0.05, 0) is 36.9 Å². The van der Waals surface area contributed by atoms with Crippen LogP contribution in [0.1, 0.15) is 41.1 Å². The number of thiophene rings is 1. The summed E-state index contributed by atoms with van der Waals surface area (Å²) in [6.07, 6.45) is 4.46.